The van der Waals surface area contributed by atoms with Crippen molar-refractivity contribution in [1.29, 1.82) is 0 Å². The number of nitrogens with one attached hydrogen (secondary N) is 1. The molecule has 1 saturated carbocycles. The quantitative estimate of drug-likeness (QED) is 0.730. The average Bonchev–Trinajstić information content (AvgIpc) is 2.93. The molecule has 3 heterocycles. The molecule has 3 aromatic rings. The summed E-state index contributed by atoms with van der Waals surface area (Å²) in [6.07, 6.45) is 2.43. The summed E-state index contributed by atoms with van der Waals surface area (Å²) in [5.41, 5.74) is 0.990. The molecule has 6 nitrogen and oxygen atoms in total. The van der Waals surface area contributed by atoms with E-state index in [1.807, 2.05) is 16.8 Å². The van der Waals surface area contributed by atoms with Crippen molar-refractivity contribution in [3.05, 3.63) is 28.5 Å². The molecule has 102 valence electrons. The largest absolute Gasteiger partial charge is 0.338 e. The van der Waals surface area contributed by atoms with E-state index in [1.165, 1.54) is 24.6 Å². The maximum Gasteiger partial charge on any atom is 0.237 e. The summed E-state index contributed by atoms with van der Waals surface area (Å²) in [5.74, 6) is 3.39. The van der Waals surface area contributed by atoms with E-state index in [9.17, 15) is 0 Å². The first-order chi connectivity index (χ1) is 9.88. The highest BCUT2D eigenvalue weighted by Crippen LogP contribution is 2.38. The molecule has 1 fully saturated rings. The second-order valence-corrected chi connectivity index (χ2v) is 6.31. The predicted molar refractivity (Wildman–Crippen MR) is 75.5 cm³/mol. The van der Waals surface area contributed by atoms with Gasteiger partial charge in [0.15, 0.2) is 0 Å². The summed E-state index contributed by atoms with van der Waals surface area (Å²) in [5, 5.41) is 15.9. The van der Waals surface area contributed by atoms with Crippen molar-refractivity contribution < 1.29 is 4.52 Å². The molecule has 0 aliphatic heterocycles. The van der Waals surface area contributed by atoms with Gasteiger partial charge in [0.1, 0.15) is 5.82 Å². The van der Waals surface area contributed by atoms with Gasteiger partial charge in [-0.1, -0.05) is 16.9 Å². The lowest BCUT2D eigenvalue weighted by Crippen LogP contribution is -1.83. The smallest absolute Gasteiger partial charge is 0.237 e. The van der Waals surface area contributed by atoms with Gasteiger partial charge >= 0.3 is 0 Å². The Kier molecular flexibility index (Phi) is 3.04. The lowest BCUT2D eigenvalue weighted by Gasteiger charge is -1.89. The van der Waals surface area contributed by atoms with Crippen LogP contribution in [0.5, 0.6) is 0 Å². The number of H-pyrrole nitrogens is 1. The lowest BCUT2D eigenvalue weighted by atomic mass is 10.3. The van der Waals surface area contributed by atoms with Crippen LogP contribution < -0.4 is 0 Å². The minimum absolute atomic E-state index is 0.582. The van der Waals surface area contributed by atoms with Gasteiger partial charge in [-0.3, -0.25) is 5.10 Å². The number of hydrogen-bond acceptors (Lipinski definition) is 7. The molecule has 0 unspecified atom stereocenters. The number of hydrogen-bond donors (Lipinski definition) is 1. The molecular weight excluding hydrogens is 294 g/mol. The summed E-state index contributed by atoms with van der Waals surface area (Å²) >= 11 is 3.12. The maximum atomic E-state index is 5.23. The Morgan fingerprint density at radius 3 is 3.15 bits per heavy atom. The third kappa shape index (κ3) is 2.48. The summed E-state index contributed by atoms with van der Waals surface area (Å²) in [4.78, 5) is 8.82. The number of thioether (sulfide) groups is 1. The fourth-order valence-corrected chi connectivity index (χ4v) is 3.09. The molecule has 1 aliphatic carbocycles. The molecular formula is C12H11N5OS2. The van der Waals surface area contributed by atoms with E-state index in [0.717, 1.165) is 16.5 Å². The molecule has 1 aliphatic rings. The topological polar surface area (TPSA) is 80.5 Å². The maximum absolute atomic E-state index is 5.23. The Morgan fingerprint density at radius 1 is 1.40 bits per heavy atom. The van der Waals surface area contributed by atoms with Crippen molar-refractivity contribution in [2.24, 2.45) is 0 Å². The van der Waals surface area contributed by atoms with Crippen LogP contribution in [-0.4, -0.2) is 25.3 Å². The van der Waals surface area contributed by atoms with Crippen LogP contribution in [0.1, 0.15) is 30.5 Å². The van der Waals surface area contributed by atoms with Gasteiger partial charge < -0.3 is 4.52 Å². The minimum Gasteiger partial charge on any atom is -0.338 e. The Labute approximate surface area is 123 Å². The van der Waals surface area contributed by atoms with Crippen molar-refractivity contribution in [3.8, 4) is 11.4 Å². The van der Waals surface area contributed by atoms with Gasteiger partial charge in [0.05, 0.1) is 5.75 Å². The molecule has 0 bridgehead atoms. The van der Waals surface area contributed by atoms with Gasteiger partial charge in [-0.15, -0.1) is 5.10 Å². The van der Waals surface area contributed by atoms with Gasteiger partial charge in [0.25, 0.3) is 0 Å². The molecule has 0 spiro atoms. The number of aromatic amines is 1. The first-order valence-electron chi connectivity index (χ1n) is 6.29. The Bertz CT molecular complexity index is 701. The van der Waals surface area contributed by atoms with Crippen molar-refractivity contribution in [3.63, 3.8) is 0 Å². The van der Waals surface area contributed by atoms with Gasteiger partial charge in [-0.25, -0.2) is 4.98 Å². The summed E-state index contributed by atoms with van der Waals surface area (Å²) in [6.45, 7) is 0. The number of aromatic nitrogens is 5. The minimum atomic E-state index is 0.582. The first kappa shape index (κ1) is 12.1. The van der Waals surface area contributed by atoms with Gasteiger partial charge in [0.2, 0.25) is 16.9 Å². The summed E-state index contributed by atoms with van der Waals surface area (Å²) in [6, 6.07) is 1.98. The third-order valence-electron chi connectivity index (χ3n) is 3.02. The molecule has 3 aromatic heterocycles. The van der Waals surface area contributed by atoms with Crippen molar-refractivity contribution >= 4 is 23.1 Å². The zero-order chi connectivity index (χ0) is 13.4. The van der Waals surface area contributed by atoms with Gasteiger partial charge in [-0.05, 0) is 24.3 Å². The fourth-order valence-electron chi connectivity index (χ4n) is 1.81. The highest BCUT2D eigenvalue weighted by Gasteiger charge is 2.27. The van der Waals surface area contributed by atoms with Crippen molar-refractivity contribution in [2.45, 2.75) is 29.7 Å². The van der Waals surface area contributed by atoms with Crippen LogP contribution in [0.15, 0.2) is 26.5 Å². The third-order valence-corrected chi connectivity index (χ3v) is 4.53. The molecule has 20 heavy (non-hydrogen) atoms. The lowest BCUT2D eigenvalue weighted by molar-refractivity contribution is 0.391. The van der Waals surface area contributed by atoms with Crippen LogP contribution in [0.3, 0.4) is 0 Å². The summed E-state index contributed by atoms with van der Waals surface area (Å²) < 4.78 is 5.23. The zero-order valence-corrected chi connectivity index (χ0v) is 12.1. The molecule has 0 aromatic carbocycles. The van der Waals surface area contributed by atoms with E-state index < -0.39 is 0 Å². The van der Waals surface area contributed by atoms with Gasteiger partial charge in [0, 0.05) is 16.9 Å². The SMILES string of the molecule is c1cc(-c2noc(CSc3n[nH]c(C4CC4)n3)n2)cs1. The van der Waals surface area contributed by atoms with Crippen molar-refractivity contribution in [2.75, 3.05) is 0 Å². The molecule has 0 atom stereocenters. The second kappa shape index (κ2) is 5.02. The van der Waals surface area contributed by atoms with E-state index in [1.54, 1.807) is 11.3 Å². The molecule has 0 saturated heterocycles. The van der Waals surface area contributed by atoms with Crippen LogP contribution in [0, 0.1) is 0 Å². The van der Waals surface area contributed by atoms with Crippen LogP contribution >= 0.6 is 23.1 Å². The first-order valence-corrected chi connectivity index (χ1v) is 8.21. The van der Waals surface area contributed by atoms with Crippen LogP contribution in [0.4, 0.5) is 0 Å². The standard InChI is InChI=1S/C12H11N5OS2/c1-2-7(1)10-14-12(16-15-10)20-6-9-13-11(17-18-9)8-3-4-19-5-8/h3-5,7H,1-2,6H2,(H,14,15,16). The Hall–Kier alpha value is -1.67. The molecule has 4 rings (SSSR count). The summed E-state index contributed by atoms with van der Waals surface area (Å²) in [7, 11) is 0. The molecule has 0 radical (unpaired) electrons. The van der Waals surface area contributed by atoms with Gasteiger partial charge in [-0.2, -0.15) is 16.3 Å². The van der Waals surface area contributed by atoms with Crippen molar-refractivity contribution in [1.82, 2.24) is 25.3 Å². The molecule has 1 N–H and O–H groups in total. The van der Waals surface area contributed by atoms with E-state index in [-0.39, 0.29) is 0 Å². The fraction of sp³-hybridized carbons (Fsp3) is 0.333. The molecule has 0 amide bonds. The van der Waals surface area contributed by atoms with Crippen LogP contribution in [0.25, 0.3) is 11.4 Å². The highest BCUT2D eigenvalue weighted by atomic mass is 32.2. The zero-order valence-electron chi connectivity index (χ0n) is 10.4. The number of rotatable bonds is 5. The number of nitrogens with zero attached hydrogens (tertiary/aromatic N) is 4. The molecule has 8 heteroatoms. The Balaban J connectivity index is 1.41. The highest BCUT2D eigenvalue weighted by molar-refractivity contribution is 7.98. The predicted octanol–water partition coefficient (Wildman–Crippen LogP) is 3.09. The normalized spacial score (nSPS) is 14.8. The van der Waals surface area contributed by atoms with E-state index in [4.69, 9.17) is 4.52 Å². The monoisotopic (exact) mass is 305 g/mol. The van der Waals surface area contributed by atoms with Crippen LogP contribution in [-0.2, 0) is 5.75 Å². The van der Waals surface area contributed by atoms with E-state index in [0.29, 0.717) is 23.4 Å². The number of thiophene rings is 1. The van der Waals surface area contributed by atoms with E-state index in [2.05, 4.69) is 25.3 Å². The Morgan fingerprint density at radius 2 is 2.35 bits per heavy atom. The average molecular weight is 305 g/mol. The van der Waals surface area contributed by atoms with E-state index >= 15 is 0 Å². The second-order valence-electron chi connectivity index (χ2n) is 4.59. The van der Waals surface area contributed by atoms with Crippen LogP contribution in [0.2, 0.25) is 0 Å².